The van der Waals surface area contributed by atoms with E-state index in [1.165, 1.54) is 6.21 Å². The zero-order valence-electron chi connectivity index (χ0n) is 15.9. The van der Waals surface area contributed by atoms with Crippen LogP contribution in [0.25, 0.3) is 0 Å². The molecule has 0 radical (unpaired) electrons. The van der Waals surface area contributed by atoms with E-state index in [-0.39, 0.29) is 28.3 Å². The number of carbonyl (C=O) groups excluding carboxylic acids is 2. The first-order chi connectivity index (χ1) is 14.9. The quantitative estimate of drug-likeness (QED) is 0.352. The van der Waals surface area contributed by atoms with Gasteiger partial charge in [-0.3, -0.25) is 9.59 Å². The van der Waals surface area contributed by atoms with Crippen molar-refractivity contribution in [2.24, 2.45) is 5.10 Å². The molecule has 3 aromatic rings. The molecule has 0 aliphatic carbocycles. The number of carbonyl (C=O) groups is 2. The van der Waals surface area contributed by atoms with Crippen LogP contribution in [0.5, 0.6) is 5.75 Å². The van der Waals surface area contributed by atoms with Gasteiger partial charge in [-0.2, -0.15) is 5.10 Å². The molecule has 0 aliphatic rings. The first-order valence-corrected chi connectivity index (χ1v) is 10.1. The van der Waals surface area contributed by atoms with Crippen LogP contribution in [0.2, 0.25) is 15.1 Å². The Morgan fingerprint density at radius 2 is 1.58 bits per heavy atom. The molecule has 0 bridgehead atoms. The second-order valence-corrected chi connectivity index (χ2v) is 7.47. The second kappa shape index (κ2) is 10.8. The van der Waals surface area contributed by atoms with Gasteiger partial charge in [0.25, 0.3) is 11.8 Å². The van der Waals surface area contributed by atoms with E-state index in [1.807, 2.05) is 18.2 Å². The van der Waals surface area contributed by atoms with Crippen LogP contribution in [0.15, 0.2) is 71.8 Å². The minimum atomic E-state index is -0.394. The average Bonchev–Trinajstić information content (AvgIpc) is 2.74. The van der Waals surface area contributed by atoms with E-state index < -0.39 is 5.91 Å². The molecule has 0 atom stereocenters. The molecule has 2 N–H and O–H groups in total. The highest BCUT2D eigenvalue weighted by molar-refractivity contribution is 6.37. The molecule has 31 heavy (non-hydrogen) atoms. The highest BCUT2D eigenvalue weighted by atomic mass is 35.5. The van der Waals surface area contributed by atoms with Gasteiger partial charge in [0.1, 0.15) is 0 Å². The summed E-state index contributed by atoms with van der Waals surface area (Å²) >= 11 is 18.3. The van der Waals surface area contributed by atoms with Crippen molar-refractivity contribution >= 4 is 58.5 Å². The molecular weight excluding hydrogens is 461 g/mol. The van der Waals surface area contributed by atoms with Crippen molar-refractivity contribution in [1.82, 2.24) is 5.43 Å². The Bertz CT molecular complexity index is 1080. The van der Waals surface area contributed by atoms with Gasteiger partial charge in [-0.25, -0.2) is 5.43 Å². The predicted molar refractivity (Wildman–Crippen MR) is 124 cm³/mol. The fraction of sp³-hybridized carbons (Fsp3) is 0.0455. The van der Waals surface area contributed by atoms with Gasteiger partial charge in [0, 0.05) is 16.3 Å². The number of hydrazone groups is 1. The van der Waals surface area contributed by atoms with E-state index in [0.717, 1.165) is 0 Å². The topological polar surface area (TPSA) is 79.8 Å². The van der Waals surface area contributed by atoms with Gasteiger partial charge in [0.2, 0.25) is 0 Å². The van der Waals surface area contributed by atoms with Crippen LogP contribution in [0.3, 0.4) is 0 Å². The lowest BCUT2D eigenvalue weighted by molar-refractivity contribution is -0.118. The molecule has 3 rings (SSSR count). The maximum absolute atomic E-state index is 12.0. The average molecular weight is 477 g/mol. The fourth-order valence-electron chi connectivity index (χ4n) is 2.48. The lowest BCUT2D eigenvalue weighted by Crippen LogP contribution is -2.20. The molecule has 0 heterocycles. The molecule has 2 amide bonds. The fourth-order valence-corrected chi connectivity index (χ4v) is 3.22. The number of para-hydroxylation sites is 1. The first-order valence-electron chi connectivity index (χ1n) is 8.98. The van der Waals surface area contributed by atoms with Gasteiger partial charge in [0.05, 0.1) is 16.3 Å². The molecule has 0 saturated carbocycles. The van der Waals surface area contributed by atoms with E-state index in [2.05, 4.69) is 15.8 Å². The maximum atomic E-state index is 12.0. The Balaban J connectivity index is 1.58. The number of benzene rings is 3. The van der Waals surface area contributed by atoms with Crippen molar-refractivity contribution in [3.05, 3.63) is 92.9 Å². The Morgan fingerprint density at radius 3 is 2.23 bits per heavy atom. The third-order valence-electron chi connectivity index (χ3n) is 3.91. The predicted octanol–water partition coefficient (Wildman–Crippen LogP) is 5.43. The number of ether oxygens (including phenoxy) is 1. The number of anilines is 1. The van der Waals surface area contributed by atoms with Crippen LogP contribution in [0.1, 0.15) is 15.9 Å². The van der Waals surface area contributed by atoms with Gasteiger partial charge >= 0.3 is 0 Å². The van der Waals surface area contributed by atoms with Crippen molar-refractivity contribution in [2.45, 2.75) is 0 Å². The number of halogens is 3. The first kappa shape index (κ1) is 22.6. The number of nitrogens with zero attached hydrogens (tertiary/aromatic N) is 1. The maximum Gasteiger partial charge on any atom is 0.271 e. The zero-order valence-corrected chi connectivity index (χ0v) is 18.2. The van der Waals surface area contributed by atoms with Gasteiger partial charge in [-0.05, 0) is 54.1 Å². The van der Waals surface area contributed by atoms with Crippen molar-refractivity contribution in [3.8, 4) is 5.75 Å². The summed E-state index contributed by atoms with van der Waals surface area (Å²) in [5.74, 6) is -0.572. The molecule has 0 fully saturated rings. The smallest absolute Gasteiger partial charge is 0.271 e. The van der Waals surface area contributed by atoms with Crippen molar-refractivity contribution in [1.29, 1.82) is 0 Å². The third-order valence-corrected chi connectivity index (χ3v) is 4.73. The van der Waals surface area contributed by atoms with E-state index in [1.54, 1.807) is 48.5 Å². The zero-order chi connectivity index (χ0) is 22.2. The van der Waals surface area contributed by atoms with Gasteiger partial charge < -0.3 is 10.1 Å². The van der Waals surface area contributed by atoms with Gasteiger partial charge in [-0.15, -0.1) is 0 Å². The Kier molecular flexibility index (Phi) is 7.89. The summed E-state index contributed by atoms with van der Waals surface area (Å²) in [4.78, 5) is 24.1. The molecular formula is C22H16Cl3N3O3. The van der Waals surface area contributed by atoms with Crippen LogP contribution in [0, 0.1) is 0 Å². The Hall–Kier alpha value is -3.06. The normalized spacial score (nSPS) is 10.7. The summed E-state index contributed by atoms with van der Waals surface area (Å²) in [5, 5.41) is 7.52. The van der Waals surface area contributed by atoms with Crippen molar-refractivity contribution < 1.29 is 14.3 Å². The summed E-state index contributed by atoms with van der Waals surface area (Å²) in [5.41, 5.74) is 4.00. The lowest BCUT2D eigenvalue weighted by atomic mass is 10.2. The number of nitrogens with one attached hydrogen (secondary N) is 2. The van der Waals surface area contributed by atoms with Crippen LogP contribution >= 0.6 is 34.8 Å². The molecule has 0 spiro atoms. The molecule has 3 aromatic carbocycles. The minimum Gasteiger partial charge on any atom is -0.481 e. The molecule has 0 unspecified atom stereocenters. The SMILES string of the molecule is O=C(COc1c(Cl)cc(/C=N/NC(=O)c2ccc(Cl)cc2)cc1Cl)Nc1ccccc1. The van der Waals surface area contributed by atoms with Gasteiger partial charge in [-0.1, -0.05) is 53.0 Å². The number of rotatable bonds is 7. The number of hydrogen-bond acceptors (Lipinski definition) is 4. The number of amides is 2. The molecule has 9 heteroatoms. The molecule has 0 aliphatic heterocycles. The third kappa shape index (κ3) is 6.72. The standard InChI is InChI=1S/C22H16Cl3N3O3/c23-16-8-6-15(7-9-16)22(30)28-26-12-14-10-18(24)21(19(25)11-14)31-13-20(29)27-17-4-2-1-3-5-17/h1-12H,13H2,(H,27,29)(H,28,30)/b26-12+. The van der Waals surface area contributed by atoms with E-state index in [9.17, 15) is 9.59 Å². The minimum absolute atomic E-state index is 0.175. The molecule has 0 saturated heterocycles. The summed E-state index contributed by atoms with van der Waals surface area (Å²) < 4.78 is 5.47. The van der Waals surface area contributed by atoms with Gasteiger partial charge in [0.15, 0.2) is 12.4 Å². The number of hydrogen-bond donors (Lipinski definition) is 2. The highest BCUT2D eigenvalue weighted by Crippen LogP contribution is 2.33. The summed E-state index contributed by atoms with van der Waals surface area (Å²) in [6, 6.07) is 18.5. The van der Waals surface area contributed by atoms with Crippen LogP contribution < -0.4 is 15.5 Å². The summed E-state index contributed by atoms with van der Waals surface area (Å²) in [6.07, 6.45) is 1.39. The summed E-state index contributed by atoms with van der Waals surface area (Å²) in [6.45, 7) is -0.265. The van der Waals surface area contributed by atoms with Crippen molar-refractivity contribution in [3.63, 3.8) is 0 Å². The molecule has 0 aromatic heterocycles. The molecule has 6 nitrogen and oxygen atoms in total. The molecule has 158 valence electrons. The second-order valence-electron chi connectivity index (χ2n) is 6.22. The largest absolute Gasteiger partial charge is 0.481 e. The van der Waals surface area contributed by atoms with Crippen LogP contribution in [-0.4, -0.2) is 24.6 Å². The van der Waals surface area contributed by atoms with Crippen molar-refractivity contribution in [2.75, 3.05) is 11.9 Å². The highest BCUT2D eigenvalue weighted by Gasteiger charge is 2.12. The van der Waals surface area contributed by atoms with Crippen LogP contribution in [-0.2, 0) is 4.79 Å². The Morgan fingerprint density at radius 1 is 0.935 bits per heavy atom. The monoisotopic (exact) mass is 475 g/mol. The van der Waals surface area contributed by atoms with E-state index in [0.29, 0.717) is 21.8 Å². The van der Waals surface area contributed by atoms with Crippen LogP contribution in [0.4, 0.5) is 5.69 Å². The van der Waals surface area contributed by atoms with E-state index >= 15 is 0 Å². The Labute approximate surface area is 193 Å². The lowest BCUT2D eigenvalue weighted by Gasteiger charge is -2.11. The summed E-state index contributed by atoms with van der Waals surface area (Å²) in [7, 11) is 0. The van der Waals surface area contributed by atoms with E-state index in [4.69, 9.17) is 39.5 Å².